The van der Waals surface area contributed by atoms with Gasteiger partial charge in [0, 0.05) is 12.8 Å². The van der Waals surface area contributed by atoms with E-state index in [2.05, 4.69) is 10.2 Å². The number of thioether (sulfide) groups is 1. The zero-order chi connectivity index (χ0) is 9.68. The predicted molar refractivity (Wildman–Crippen MR) is 49.9 cm³/mol. The zero-order valence-corrected chi connectivity index (χ0v) is 8.16. The van der Waals surface area contributed by atoms with Crippen molar-refractivity contribution < 1.29 is 0 Å². The third-order valence-corrected chi connectivity index (χ3v) is 2.56. The minimum atomic E-state index is -0.374. The molecule has 1 heterocycles. The molecule has 1 rings (SSSR count). The average Bonchev–Trinajstić information content (AvgIpc) is 2.52. The van der Waals surface area contributed by atoms with Crippen LogP contribution in [0, 0.1) is 11.3 Å². The van der Waals surface area contributed by atoms with Gasteiger partial charge in [-0.3, -0.25) is 0 Å². The van der Waals surface area contributed by atoms with Crippen LogP contribution in [0.4, 0.5) is 0 Å². The van der Waals surface area contributed by atoms with Gasteiger partial charge in [-0.15, -0.1) is 10.2 Å². The van der Waals surface area contributed by atoms with Gasteiger partial charge in [0.1, 0.15) is 6.33 Å². The Kier molecular flexibility index (Phi) is 3.73. The molecule has 0 spiro atoms. The van der Waals surface area contributed by atoms with Gasteiger partial charge in [0.2, 0.25) is 0 Å². The molecule has 1 aromatic rings. The Morgan fingerprint density at radius 3 is 3.15 bits per heavy atom. The van der Waals surface area contributed by atoms with Crippen molar-refractivity contribution in [2.75, 3.05) is 5.75 Å². The van der Waals surface area contributed by atoms with Gasteiger partial charge in [-0.2, -0.15) is 5.26 Å². The molecule has 5 nitrogen and oxygen atoms in total. The summed E-state index contributed by atoms with van der Waals surface area (Å²) in [6, 6.07) is 1.61. The van der Waals surface area contributed by atoms with E-state index in [9.17, 15) is 0 Å². The van der Waals surface area contributed by atoms with Gasteiger partial charge in [-0.05, 0) is 6.42 Å². The third kappa shape index (κ3) is 3.05. The Morgan fingerprint density at radius 1 is 1.85 bits per heavy atom. The molecule has 0 aliphatic carbocycles. The molecular formula is C7H11N5S. The molecule has 0 aromatic carbocycles. The van der Waals surface area contributed by atoms with Crippen LogP contribution in [0.2, 0.25) is 0 Å². The Morgan fingerprint density at radius 2 is 2.62 bits per heavy atom. The minimum absolute atomic E-state index is 0.374. The Bertz CT molecular complexity index is 302. The highest BCUT2D eigenvalue weighted by Crippen LogP contribution is 2.14. The highest BCUT2D eigenvalue weighted by Gasteiger charge is 2.03. The zero-order valence-electron chi connectivity index (χ0n) is 7.34. The predicted octanol–water partition coefficient (Wildman–Crippen LogP) is 0.148. The molecule has 13 heavy (non-hydrogen) atoms. The van der Waals surface area contributed by atoms with E-state index < -0.39 is 0 Å². The Labute approximate surface area is 80.9 Å². The number of aryl methyl sites for hydroxylation is 1. The van der Waals surface area contributed by atoms with Crippen molar-refractivity contribution in [2.24, 2.45) is 12.8 Å². The summed E-state index contributed by atoms with van der Waals surface area (Å²) in [5, 5.41) is 16.9. The van der Waals surface area contributed by atoms with Gasteiger partial charge >= 0.3 is 0 Å². The average molecular weight is 197 g/mol. The van der Waals surface area contributed by atoms with Crippen molar-refractivity contribution in [2.45, 2.75) is 17.6 Å². The first-order valence-electron chi connectivity index (χ1n) is 3.86. The maximum atomic E-state index is 8.43. The molecule has 2 N–H and O–H groups in total. The molecule has 0 saturated heterocycles. The maximum Gasteiger partial charge on any atom is 0.190 e. The second-order valence-corrected chi connectivity index (χ2v) is 3.66. The SMILES string of the molecule is Cn1cnnc1SCCC(N)C#N. The lowest BCUT2D eigenvalue weighted by atomic mass is 10.3. The van der Waals surface area contributed by atoms with Gasteiger partial charge in [0.25, 0.3) is 0 Å². The maximum absolute atomic E-state index is 8.43. The summed E-state index contributed by atoms with van der Waals surface area (Å²) in [4.78, 5) is 0. The number of rotatable bonds is 4. The fourth-order valence-corrected chi connectivity index (χ4v) is 1.66. The first-order chi connectivity index (χ1) is 6.24. The van der Waals surface area contributed by atoms with Crippen LogP contribution in [-0.4, -0.2) is 26.6 Å². The first-order valence-corrected chi connectivity index (χ1v) is 4.84. The topological polar surface area (TPSA) is 80.5 Å². The molecule has 0 radical (unpaired) electrons. The van der Waals surface area contributed by atoms with Crippen LogP contribution in [0.1, 0.15) is 6.42 Å². The van der Waals surface area contributed by atoms with Crippen LogP contribution < -0.4 is 5.73 Å². The number of nitrogens with two attached hydrogens (primary N) is 1. The quantitative estimate of drug-likeness (QED) is 0.695. The lowest BCUT2D eigenvalue weighted by molar-refractivity contribution is 0.775. The molecule has 1 aromatic heterocycles. The molecule has 0 aliphatic rings. The van der Waals surface area contributed by atoms with Crippen molar-refractivity contribution in [1.82, 2.24) is 14.8 Å². The van der Waals surface area contributed by atoms with Crippen molar-refractivity contribution >= 4 is 11.8 Å². The van der Waals surface area contributed by atoms with Gasteiger partial charge in [-0.25, -0.2) is 0 Å². The fraction of sp³-hybridized carbons (Fsp3) is 0.571. The third-order valence-electron chi connectivity index (χ3n) is 1.50. The van der Waals surface area contributed by atoms with Crippen LogP contribution in [0.15, 0.2) is 11.5 Å². The van der Waals surface area contributed by atoms with Gasteiger partial charge < -0.3 is 10.3 Å². The summed E-state index contributed by atoms with van der Waals surface area (Å²) in [5.74, 6) is 0.793. The highest BCUT2D eigenvalue weighted by atomic mass is 32.2. The summed E-state index contributed by atoms with van der Waals surface area (Å²) in [6.45, 7) is 0. The van der Waals surface area contributed by atoms with Gasteiger partial charge in [-0.1, -0.05) is 11.8 Å². The van der Waals surface area contributed by atoms with E-state index in [-0.39, 0.29) is 6.04 Å². The number of nitrogens with zero attached hydrogens (tertiary/aromatic N) is 4. The van der Waals surface area contributed by atoms with Crippen LogP contribution in [-0.2, 0) is 7.05 Å². The van der Waals surface area contributed by atoms with E-state index in [0.717, 1.165) is 10.9 Å². The Balaban J connectivity index is 2.29. The molecule has 6 heteroatoms. The standard InChI is InChI=1S/C7H11N5S/c1-12-5-10-11-7(12)13-3-2-6(9)4-8/h5-6H,2-3,9H2,1H3. The number of hydrogen-bond donors (Lipinski definition) is 1. The molecule has 1 unspecified atom stereocenters. The van der Waals surface area contributed by atoms with E-state index in [4.69, 9.17) is 11.0 Å². The van der Waals surface area contributed by atoms with Crippen molar-refractivity contribution in [3.8, 4) is 6.07 Å². The first kappa shape index (κ1) is 10.0. The number of aromatic nitrogens is 3. The van der Waals surface area contributed by atoms with Crippen LogP contribution in [0.25, 0.3) is 0 Å². The molecule has 1 atom stereocenters. The van der Waals surface area contributed by atoms with Crippen LogP contribution >= 0.6 is 11.8 Å². The monoisotopic (exact) mass is 197 g/mol. The van der Waals surface area contributed by atoms with Gasteiger partial charge in [0.15, 0.2) is 5.16 Å². The summed E-state index contributed by atoms with van der Waals surface area (Å²) >= 11 is 1.56. The fourth-order valence-electron chi connectivity index (χ4n) is 0.745. The van der Waals surface area contributed by atoms with E-state index in [0.29, 0.717) is 6.42 Å². The molecule has 0 aliphatic heterocycles. The summed E-state index contributed by atoms with van der Waals surface area (Å²) in [6.07, 6.45) is 2.32. The van der Waals surface area contributed by atoms with Crippen molar-refractivity contribution in [3.63, 3.8) is 0 Å². The van der Waals surface area contributed by atoms with Crippen molar-refractivity contribution in [1.29, 1.82) is 5.26 Å². The lowest BCUT2D eigenvalue weighted by Crippen LogP contribution is -2.17. The molecule has 0 bridgehead atoms. The molecule has 0 saturated carbocycles. The number of hydrogen-bond acceptors (Lipinski definition) is 5. The second kappa shape index (κ2) is 4.84. The minimum Gasteiger partial charge on any atom is -0.316 e. The number of nitriles is 1. The van der Waals surface area contributed by atoms with Crippen LogP contribution in [0.5, 0.6) is 0 Å². The molecular weight excluding hydrogens is 186 g/mol. The Hall–Kier alpha value is -1.06. The normalized spacial score (nSPS) is 12.4. The molecule has 0 fully saturated rings. The summed E-state index contributed by atoms with van der Waals surface area (Å²) in [5.41, 5.74) is 5.43. The summed E-state index contributed by atoms with van der Waals surface area (Å²) < 4.78 is 1.84. The lowest BCUT2D eigenvalue weighted by Gasteiger charge is -2.01. The molecule has 70 valence electrons. The van der Waals surface area contributed by atoms with E-state index in [1.54, 1.807) is 18.1 Å². The molecule has 0 amide bonds. The highest BCUT2D eigenvalue weighted by molar-refractivity contribution is 7.99. The smallest absolute Gasteiger partial charge is 0.190 e. The van der Waals surface area contributed by atoms with Crippen molar-refractivity contribution in [3.05, 3.63) is 6.33 Å². The van der Waals surface area contributed by atoms with Gasteiger partial charge in [0.05, 0.1) is 12.1 Å². The van der Waals surface area contributed by atoms with E-state index >= 15 is 0 Å². The summed E-state index contributed by atoms with van der Waals surface area (Å²) in [7, 11) is 1.88. The van der Waals surface area contributed by atoms with E-state index in [1.165, 1.54) is 0 Å². The van der Waals surface area contributed by atoms with Crippen LogP contribution in [0.3, 0.4) is 0 Å². The second-order valence-electron chi connectivity index (χ2n) is 2.60. The van der Waals surface area contributed by atoms with E-state index in [1.807, 2.05) is 17.7 Å². The largest absolute Gasteiger partial charge is 0.316 e.